The molecule has 0 aromatic heterocycles. The number of nitrogens with zero attached hydrogens (tertiary/aromatic N) is 2. The maximum Gasteiger partial charge on any atom is 0.242 e. The molecule has 2 aromatic carbocycles. The van der Waals surface area contributed by atoms with Gasteiger partial charge in [0.05, 0.1) is 5.69 Å². The second-order valence-electron chi connectivity index (χ2n) is 7.24. The first-order chi connectivity index (χ1) is 14.3. The Bertz CT molecular complexity index is 1040. The molecule has 5 nitrogen and oxygen atoms in total. The molecule has 3 rings (SSSR count). The van der Waals surface area contributed by atoms with E-state index in [1.165, 1.54) is 11.8 Å². The van der Waals surface area contributed by atoms with E-state index in [0.717, 1.165) is 22.4 Å². The summed E-state index contributed by atoms with van der Waals surface area (Å²) < 4.78 is 0. The molecule has 1 saturated heterocycles. The van der Waals surface area contributed by atoms with E-state index in [0.29, 0.717) is 22.4 Å². The van der Waals surface area contributed by atoms with Crippen molar-refractivity contribution in [2.75, 3.05) is 11.9 Å². The highest BCUT2D eigenvalue weighted by molar-refractivity contribution is 8.15. The number of aliphatic imine (C=N–C) groups is 1. The van der Waals surface area contributed by atoms with E-state index >= 15 is 0 Å². The molecule has 1 atom stereocenters. The lowest BCUT2D eigenvalue weighted by molar-refractivity contribution is -0.127. The summed E-state index contributed by atoms with van der Waals surface area (Å²) in [6, 6.07) is 11.3. The van der Waals surface area contributed by atoms with Gasteiger partial charge in [-0.25, -0.2) is 4.99 Å². The van der Waals surface area contributed by atoms with E-state index in [1.807, 2.05) is 45.0 Å². The average molecular weight is 442 g/mol. The summed E-state index contributed by atoms with van der Waals surface area (Å²) >= 11 is 7.40. The number of carbonyl (C=O) groups excluding carboxylic acids is 2. The molecule has 1 aliphatic rings. The number of carbonyl (C=O) groups is 2. The molecule has 156 valence electrons. The third-order valence-electron chi connectivity index (χ3n) is 4.76. The van der Waals surface area contributed by atoms with Crippen molar-refractivity contribution in [2.45, 2.75) is 32.4 Å². The van der Waals surface area contributed by atoms with E-state index in [9.17, 15) is 9.59 Å². The molecule has 2 amide bonds. The first-order valence-electron chi connectivity index (χ1n) is 9.59. The predicted octanol–water partition coefficient (Wildman–Crippen LogP) is 5.41. The van der Waals surface area contributed by atoms with Crippen LogP contribution in [0.3, 0.4) is 0 Å². The van der Waals surface area contributed by atoms with Crippen molar-refractivity contribution < 1.29 is 9.59 Å². The number of hydrogen-bond acceptors (Lipinski definition) is 4. The Balaban J connectivity index is 1.79. The van der Waals surface area contributed by atoms with Gasteiger partial charge in [-0.15, -0.1) is 6.58 Å². The number of hydrogen-bond donors (Lipinski definition) is 1. The minimum Gasteiger partial charge on any atom is -0.326 e. The topological polar surface area (TPSA) is 61.8 Å². The third kappa shape index (κ3) is 5.12. The maximum atomic E-state index is 12.9. The summed E-state index contributed by atoms with van der Waals surface area (Å²) in [4.78, 5) is 31.8. The second-order valence-corrected chi connectivity index (χ2v) is 8.85. The van der Waals surface area contributed by atoms with Gasteiger partial charge in [-0.2, -0.15) is 0 Å². The molecular formula is C23H24ClN3O2S. The lowest BCUT2D eigenvalue weighted by atomic mass is 10.1. The van der Waals surface area contributed by atoms with Crippen molar-refractivity contribution >= 4 is 51.7 Å². The molecule has 2 aromatic rings. The lowest BCUT2D eigenvalue weighted by Crippen LogP contribution is -2.33. The molecule has 0 unspecified atom stereocenters. The van der Waals surface area contributed by atoms with Gasteiger partial charge in [-0.05, 0) is 55.7 Å². The van der Waals surface area contributed by atoms with Crippen molar-refractivity contribution in [2.24, 2.45) is 4.99 Å². The van der Waals surface area contributed by atoms with Gasteiger partial charge in [-0.3, -0.25) is 14.5 Å². The molecule has 1 heterocycles. The summed E-state index contributed by atoms with van der Waals surface area (Å²) in [6.45, 7) is 9.91. The van der Waals surface area contributed by atoms with E-state index in [4.69, 9.17) is 11.6 Å². The quantitative estimate of drug-likeness (QED) is 0.609. The van der Waals surface area contributed by atoms with E-state index < -0.39 is 5.25 Å². The number of halogens is 1. The van der Waals surface area contributed by atoms with E-state index in [1.54, 1.807) is 23.1 Å². The summed E-state index contributed by atoms with van der Waals surface area (Å²) in [6.07, 6.45) is 1.72. The summed E-state index contributed by atoms with van der Waals surface area (Å²) in [5, 5.41) is 3.52. The molecule has 30 heavy (non-hydrogen) atoms. The van der Waals surface area contributed by atoms with E-state index in [-0.39, 0.29) is 18.2 Å². The number of rotatable bonds is 6. The Morgan fingerprint density at radius 1 is 1.23 bits per heavy atom. The van der Waals surface area contributed by atoms with E-state index in [2.05, 4.69) is 16.9 Å². The molecule has 1 N–H and O–H groups in total. The Kier molecular flexibility index (Phi) is 7.00. The standard InChI is InChI=1S/C23H24ClN3O2S/c1-5-10-27-22(29)20(13-21(28)25-18-11-14(2)6-7-15(18)3)30-23(27)26-19-12-17(24)9-8-16(19)4/h5-9,11-12,20H,1,10,13H2,2-4H3,(H,25,28)/t20-/m0/s1. The number of aryl methyl sites for hydroxylation is 3. The third-order valence-corrected chi connectivity index (χ3v) is 6.17. The van der Waals surface area contributed by atoms with Crippen LogP contribution in [0.1, 0.15) is 23.1 Å². The molecule has 0 spiro atoms. The van der Waals surface area contributed by atoms with Crippen LogP contribution in [-0.4, -0.2) is 33.7 Å². The van der Waals surface area contributed by atoms with Gasteiger partial charge in [-0.1, -0.05) is 47.6 Å². The number of anilines is 1. The number of amidine groups is 1. The number of nitrogens with one attached hydrogen (secondary N) is 1. The van der Waals surface area contributed by atoms with Crippen LogP contribution in [0.4, 0.5) is 11.4 Å². The average Bonchev–Trinajstić information content (AvgIpc) is 2.96. The maximum absolute atomic E-state index is 12.9. The Morgan fingerprint density at radius 2 is 1.97 bits per heavy atom. The SMILES string of the molecule is C=CCN1C(=O)[C@H](CC(=O)Nc2cc(C)ccc2C)SC1=Nc1cc(Cl)ccc1C. The van der Waals surface area contributed by atoms with Gasteiger partial charge in [0.25, 0.3) is 0 Å². The molecule has 0 saturated carbocycles. The van der Waals surface area contributed by atoms with Gasteiger partial charge >= 0.3 is 0 Å². The first kappa shape index (κ1) is 22.1. The number of benzene rings is 2. The van der Waals surface area contributed by atoms with Gasteiger partial charge in [0.2, 0.25) is 11.8 Å². The van der Waals surface area contributed by atoms with Crippen LogP contribution in [0.15, 0.2) is 54.0 Å². The van der Waals surface area contributed by atoms with Gasteiger partial charge in [0.1, 0.15) is 5.25 Å². The van der Waals surface area contributed by atoms with Crippen molar-refractivity contribution in [1.82, 2.24) is 4.90 Å². The molecular weight excluding hydrogens is 418 g/mol. The zero-order valence-corrected chi connectivity index (χ0v) is 18.8. The highest BCUT2D eigenvalue weighted by Gasteiger charge is 2.38. The highest BCUT2D eigenvalue weighted by atomic mass is 35.5. The summed E-state index contributed by atoms with van der Waals surface area (Å²) in [7, 11) is 0. The van der Waals surface area contributed by atoms with Gasteiger partial charge < -0.3 is 5.32 Å². The van der Waals surface area contributed by atoms with Crippen molar-refractivity contribution in [1.29, 1.82) is 0 Å². The normalized spacial score (nSPS) is 17.5. The largest absolute Gasteiger partial charge is 0.326 e. The molecule has 7 heteroatoms. The van der Waals surface area contributed by atoms with Gasteiger partial charge in [0, 0.05) is 23.7 Å². The number of thioether (sulfide) groups is 1. The van der Waals surface area contributed by atoms with Gasteiger partial charge in [0.15, 0.2) is 5.17 Å². The first-order valence-corrected chi connectivity index (χ1v) is 10.8. The fourth-order valence-electron chi connectivity index (χ4n) is 3.07. The van der Waals surface area contributed by atoms with Crippen LogP contribution in [0, 0.1) is 20.8 Å². The van der Waals surface area contributed by atoms with Crippen LogP contribution in [0.5, 0.6) is 0 Å². The molecule has 0 radical (unpaired) electrons. The summed E-state index contributed by atoms with van der Waals surface area (Å²) in [5.74, 6) is -0.345. The highest BCUT2D eigenvalue weighted by Crippen LogP contribution is 2.33. The molecule has 0 aliphatic carbocycles. The smallest absolute Gasteiger partial charge is 0.242 e. The Labute approximate surface area is 186 Å². The van der Waals surface area contributed by atoms with Crippen molar-refractivity contribution in [3.05, 3.63) is 70.8 Å². The zero-order chi connectivity index (χ0) is 21.8. The van der Waals surface area contributed by atoms with Crippen LogP contribution in [-0.2, 0) is 9.59 Å². The summed E-state index contributed by atoms with van der Waals surface area (Å²) in [5.41, 5.74) is 4.46. The Morgan fingerprint density at radius 3 is 2.70 bits per heavy atom. The minimum absolute atomic E-state index is 0.0675. The van der Waals surface area contributed by atoms with Crippen LogP contribution < -0.4 is 5.32 Å². The van der Waals surface area contributed by atoms with Crippen LogP contribution in [0.25, 0.3) is 0 Å². The second kappa shape index (κ2) is 9.49. The fraction of sp³-hybridized carbons (Fsp3) is 0.261. The predicted molar refractivity (Wildman–Crippen MR) is 126 cm³/mol. The Hall–Kier alpha value is -2.57. The van der Waals surface area contributed by atoms with Crippen LogP contribution in [0.2, 0.25) is 5.02 Å². The number of amides is 2. The molecule has 1 aliphatic heterocycles. The fourth-order valence-corrected chi connectivity index (χ4v) is 4.39. The lowest BCUT2D eigenvalue weighted by Gasteiger charge is -2.14. The molecule has 0 bridgehead atoms. The monoisotopic (exact) mass is 441 g/mol. The minimum atomic E-state index is -0.534. The zero-order valence-electron chi connectivity index (χ0n) is 17.2. The van der Waals surface area contributed by atoms with Crippen molar-refractivity contribution in [3.8, 4) is 0 Å². The molecule has 1 fully saturated rings. The van der Waals surface area contributed by atoms with Crippen molar-refractivity contribution in [3.63, 3.8) is 0 Å². The van der Waals surface area contributed by atoms with Crippen LogP contribution >= 0.6 is 23.4 Å².